The number of carbonyl (C=O) groups excluding carboxylic acids is 1. The summed E-state index contributed by atoms with van der Waals surface area (Å²) in [6, 6.07) is 9.57. The van der Waals surface area contributed by atoms with Crippen molar-refractivity contribution < 1.29 is 9.53 Å². The van der Waals surface area contributed by atoms with Gasteiger partial charge >= 0.3 is 6.09 Å². The number of H-pyrrole nitrogens is 1. The molecular formula is C14H18N4O2. The van der Waals surface area contributed by atoms with Crippen molar-refractivity contribution in [1.29, 1.82) is 0 Å². The highest BCUT2D eigenvalue weighted by molar-refractivity contribution is 5.67. The quantitative estimate of drug-likeness (QED) is 0.701. The molecule has 0 unspecified atom stereocenters. The van der Waals surface area contributed by atoms with E-state index in [9.17, 15) is 4.79 Å². The number of aryl methyl sites for hydroxylation is 1. The molecule has 106 valence electrons. The van der Waals surface area contributed by atoms with Crippen molar-refractivity contribution in [3.63, 3.8) is 0 Å². The topological polar surface area (TPSA) is 93.0 Å². The molecular weight excluding hydrogens is 256 g/mol. The molecule has 6 nitrogen and oxygen atoms in total. The first-order chi connectivity index (χ1) is 9.74. The first kappa shape index (κ1) is 13.9. The van der Waals surface area contributed by atoms with E-state index in [1.807, 2.05) is 30.3 Å². The molecule has 0 aliphatic rings. The van der Waals surface area contributed by atoms with E-state index in [1.165, 1.54) is 0 Å². The number of hydrogen-bond acceptors (Lipinski definition) is 4. The summed E-state index contributed by atoms with van der Waals surface area (Å²) < 4.78 is 5.09. The fraction of sp³-hybridized carbons (Fsp3) is 0.286. The number of aromatic amines is 1. The molecule has 0 fully saturated rings. The molecule has 0 bridgehead atoms. The number of alkyl carbamates (subject to hydrolysis) is 1. The van der Waals surface area contributed by atoms with Crippen molar-refractivity contribution in [3.05, 3.63) is 47.8 Å². The van der Waals surface area contributed by atoms with Gasteiger partial charge in [-0.05, 0) is 18.4 Å². The zero-order valence-electron chi connectivity index (χ0n) is 11.1. The summed E-state index contributed by atoms with van der Waals surface area (Å²) in [6.45, 7) is 0.830. The van der Waals surface area contributed by atoms with E-state index in [4.69, 9.17) is 10.5 Å². The van der Waals surface area contributed by atoms with E-state index < -0.39 is 6.09 Å². The van der Waals surface area contributed by atoms with Crippen LogP contribution in [0.2, 0.25) is 0 Å². The maximum absolute atomic E-state index is 11.5. The fourth-order valence-electron chi connectivity index (χ4n) is 1.75. The van der Waals surface area contributed by atoms with Gasteiger partial charge in [-0.2, -0.15) is 0 Å². The lowest BCUT2D eigenvalue weighted by Crippen LogP contribution is -2.25. The van der Waals surface area contributed by atoms with Crippen molar-refractivity contribution in [1.82, 2.24) is 15.3 Å². The lowest BCUT2D eigenvalue weighted by Gasteiger charge is -2.06. The van der Waals surface area contributed by atoms with Crippen LogP contribution in [0.5, 0.6) is 0 Å². The largest absolute Gasteiger partial charge is 0.445 e. The number of anilines is 1. The molecule has 0 spiro atoms. The average Bonchev–Trinajstić information content (AvgIpc) is 2.88. The summed E-state index contributed by atoms with van der Waals surface area (Å²) in [4.78, 5) is 18.3. The Morgan fingerprint density at radius 2 is 2.15 bits per heavy atom. The standard InChI is InChI=1S/C14H18N4O2/c15-13-17-9-12(18-13)7-4-8-16-14(19)20-10-11-5-2-1-3-6-11/h1-3,5-6,9H,4,7-8,10H2,(H,16,19)(H3,15,17,18). The Morgan fingerprint density at radius 1 is 1.35 bits per heavy atom. The number of rotatable bonds is 6. The third kappa shape index (κ3) is 4.64. The number of amides is 1. The van der Waals surface area contributed by atoms with E-state index >= 15 is 0 Å². The third-order valence-electron chi connectivity index (χ3n) is 2.75. The molecule has 20 heavy (non-hydrogen) atoms. The highest BCUT2D eigenvalue weighted by atomic mass is 16.5. The van der Waals surface area contributed by atoms with Crippen molar-refractivity contribution in [2.24, 2.45) is 0 Å². The monoisotopic (exact) mass is 274 g/mol. The second kappa shape index (κ2) is 7.18. The first-order valence-electron chi connectivity index (χ1n) is 6.48. The molecule has 1 aromatic heterocycles. The van der Waals surface area contributed by atoms with E-state index in [1.54, 1.807) is 6.20 Å². The van der Waals surface area contributed by atoms with Gasteiger partial charge in [0, 0.05) is 12.2 Å². The summed E-state index contributed by atoms with van der Waals surface area (Å²) in [5, 5.41) is 2.70. The molecule has 1 heterocycles. The van der Waals surface area contributed by atoms with Crippen LogP contribution in [0.15, 0.2) is 36.5 Å². The number of hydrogen-bond donors (Lipinski definition) is 3. The maximum atomic E-state index is 11.5. The van der Waals surface area contributed by atoms with Crippen molar-refractivity contribution in [2.75, 3.05) is 12.3 Å². The molecule has 0 radical (unpaired) electrons. The fourth-order valence-corrected chi connectivity index (χ4v) is 1.75. The second-order valence-electron chi connectivity index (χ2n) is 4.39. The van der Waals surface area contributed by atoms with Gasteiger partial charge in [-0.15, -0.1) is 0 Å². The van der Waals surface area contributed by atoms with Gasteiger partial charge in [-0.3, -0.25) is 0 Å². The molecule has 1 aromatic carbocycles. The first-order valence-corrected chi connectivity index (χ1v) is 6.48. The van der Waals surface area contributed by atoms with Crippen molar-refractivity contribution in [2.45, 2.75) is 19.4 Å². The van der Waals surface area contributed by atoms with Crippen LogP contribution in [0.1, 0.15) is 17.7 Å². The summed E-state index contributed by atoms with van der Waals surface area (Å²) in [5.41, 5.74) is 7.40. The number of aromatic nitrogens is 2. The molecule has 4 N–H and O–H groups in total. The van der Waals surface area contributed by atoms with Gasteiger partial charge in [-0.1, -0.05) is 30.3 Å². The van der Waals surface area contributed by atoms with Crippen LogP contribution in [0.4, 0.5) is 10.7 Å². The Bertz CT molecular complexity index is 539. The number of imidazole rings is 1. The molecule has 1 amide bonds. The summed E-state index contributed by atoms with van der Waals surface area (Å²) in [7, 11) is 0. The number of benzene rings is 1. The van der Waals surface area contributed by atoms with Crippen LogP contribution in [-0.2, 0) is 17.8 Å². The summed E-state index contributed by atoms with van der Waals surface area (Å²) >= 11 is 0. The van der Waals surface area contributed by atoms with Crippen LogP contribution in [0, 0.1) is 0 Å². The van der Waals surface area contributed by atoms with Crippen LogP contribution in [-0.4, -0.2) is 22.6 Å². The smallest absolute Gasteiger partial charge is 0.407 e. The van der Waals surface area contributed by atoms with Crippen molar-refractivity contribution in [3.8, 4) is 0 Å². The Hall–Kier alpha value is -2.50. The van der Waals surface area contributed by atoms with Gasteiger partial charge in [0.2, 0.25) is 0 Å². The zero-order chi connectivity index (χ0) is 14.2. The highest BCUT2D eigenvalue weighted by Gasteiger charge is 2.02. The number of nitrogens with two attached hydrogens (primary N) is 1. The maximum Gasteiger partial charge on any atom is 0.407 e. The number of ether oxygens (including phenoxy) is 1. The van der Waals surface area contributed by atoms with E-state index in [0.717, 1.165) is 24.1 Å². The van der Waals surface area contributed by atoms with Crippen LogP contribution < -0.4 is 11.1 Å². The molecule has 6 heteroatoms. The molecule has 2 aromatic rings. The summed E-state index contributed by atoms with van der Waals surface area (Å²) in [6.07, 6.45) is 2.87. The van der Waals surface area contributed by atoms with Gasteiger partial charge in [0.05, 0.1) is 6.20 Å². The molecule has 0 aliphatic heterocycles. The van der Waals surface area contributed by atoms with Gasteiger partial charge < -0.3 is 20.8 Å². The lowest BCUT2D eigenvalue weighted by molar-refractivity contribution is 0.139. The van der Waals surface area contributed by atoms with Gasteiger partial charge in [-0.25, -0.2) is 9.78 Å². The third-order valence-corrected chi connectivity index (χ3v) is 2.75. The Labute approximate surface area is 117 Å². The van der Waals surface area contributed by atoms with Gasteiger partial charge in [0.1, 0.15) is 6.61 Å². The number of nitrogens with zero attached hydrogens (tertiary/aromatic N) is 1. The summed E-state index contributed by atoms with van der Waals surface area (Å²) in [5.74, 6) is 0.412. The minimum atomic E-state index is -0.405. The van der Waals surface area contributed by atoms with E-state index in [2.05, 4.69) is 15.3 Å². The van der Waals surface area contributed by atoms with Gasteiger partial charge in [0.15, 0.2) is 5.95 Å². The van der Waals surface area contributed by atoms with Crippen LogP contribution >= 0.6 is 0 Å². The van der Waals surface area contributed by atoms with Crippen LogP contribution in [0.25, 0.3) is 0 Å². The van der Waals surface area contributed by atoms with Crippen LogP contribution in [0.3, 0.4) is 0 Å². The minimum absolute atomic E-state index is 0.282. The zero-order valence-corrected chi connectivity index (χ0v) is 11.1. The predicted molar refractivity (Wildman–Crippen MR) is 76.0 cm³/mol. The second-order valence-corrected chi connectivity index (χ2v) is 4.39. The Kier molecular flexibility index (Phi) is 5.00. The molecule has 0 aliphatic carbocycles. The molecule has 0 saturated heterocycles. The van der Waals surface area contributed by atoms with E-state index in [-0.39, 0.29) is 6.61 Å². The normalized spacial score (nSPS) is 10.2. The minimum Gasteiger partial charge on any atom is -0.445 e. The van der Waals surface area contributed by atoms with Crippen molar-refractivity contribution >= 4 is 12.0 Å². The number of carbonyl (C=O) groups is 1. The average molecular weight is 274 g/mol. The van der Waals surface area contributed by atoms with Gasteiger partial charge in [0.25, 0.3) is 0 Å². The molecule has 2 rings (SSSR count). The highest BCUT2D eigenvalue weighted by Crippen LogP contribution is 2.02. The van der Waals surface area contributed by atoms with E-state index in [0.29, 0.717) is 12.5 Å². The SMILES string of the molecule is Nc1ncc(CCCNC(=O)OCc2ccccc2)[nH]1. The molecule has 0 saturated carbocycles. The predicted octanol–water partition coefficient (Wildman–Crippen LogP) is 1.85. The lowest BCUT2D eigenvalue weighted by atomic mass is 10.2. The number of nitrogen functional groups attached to an aromatic ring is 1. The molecule has 0 atom stereocenters. The Balaban J connectivity index is 1.58. The number of nitrogens with one attached hydrogen (secondary N) is 2. The Morgan fingerprint density at radius 3 is 2.85 bits per heavy atom.